The number of guanidine groups is 1. The van der Waals surface area contributed by atoms with Gasteiger partial charge in [0.25, 0.3) is 5.91 Å². The van der Waals surface area contributed by atoms with Crippen molar-refractivity contribution >= 4 is 33.3 Å². The molecule has 0 radical (unpaired) electrons. The minimum absolute atomic E-state index is 0.0682. The molecule has 1 amide bonds. The molecule has 0 aliphatic carbocycles. The van der Waals surface area contributed by atoms with Gasteiger partial charge in [-0.15, -0.1) is 0 Å². The van der Waals surface area contributed by atoms with Crippen LogP contribution in [0.2, 0.25) is 5.02 Å². The summed E-state index contributed by atoms with van der Waals surface area (Å²) in [5.41, 5.74) is 11.1. The topological polar surface area (TPSA) is 125 Å². The number of benzene rings is 2. The van der Waals surface area contributed by atoms with Crippen molar-refractivity contribution in [3.05, 3.63) is 52.5 Å². The number of nitrogens with zero attached hydrogens (tertiary/aromatic N) is 1. The van der Waals surface area contributed by atoms with Crippen LogP contribution in [-0.4, -0.2) is 26.5 Å². The highest BCUT2D eigenvalue weighted by Gasteiger charge is 2.22. The Morgan fingerprint density at radius 2 is 1.85 bits per heavy atom. The summed E-state index contributed by atoms with van der Waals surface area (Å²) in [5.74, 6) is -0.770. The largest absolute Gasteiger partial charge is 0.454 e. The summed E-state index contributed by atoms with van der Waals surface area (Å²) in [4.78, 5) is 15.6. The zero-order valence-corrected chi connectivity index (χ0v) is 15.8. The zero-order valence-electron chi connectivity index (χ0n) is 14.2. The molecule has 0 atom stereocenters. The lowest BCUT2D eigenvalue weighted by molar-refractivity contribution is 0.100. The molecule has 0 heterocycles. The van der Waals surface area contributed by atoms with E-state index in [4.69, 9.17) is 27.8 Å². The molecule has 138 valence electrons. The van der Waals surface area contributed by atoms with Crippen molar-refractivity contribution in [2.24, 2.45) is 16.5 Å². The molecule has 0 unspecified atom stereocenters. The van der Waals surface area contributed by atoms with Crippen molar-refractivity contribution < 1.29 is 17.9 Å². The maximum absolute atomic E-state index is 12.2. The van der Waals surface area contributed by atoms with Crippen LogP contribution in [0.5, 0.6) is 11.5 Å². The Morgan fingerprint density at radius 3 is 2.38 bits per heavy atom. The molecule has 0 bridgehead atoms. The molecule has 0 spiro atoms. The Bertz CT molecular complexity index is 983. The van der Waals surface area contributed by atoms with Gasteiger partial charge >= 0.3 is 0 Å². The first-order valence-electron chi connectivity index (χ1n) is 7.56. The monoisotopic (exact) mass is 395 g/mol. The van der Waals surface area contributed by atoms with E-state index in [9.17, 15) is 13.2 Å². The molecule has 2 aromatic carbocycles. The molecule has 4 N–H and O–H groups in total. The van der Waals surface area contributed by atoms with Crippen LogP contribution in [0.3, 0.4) is 0 Å². The summed E-state index contributed by atoms with van der Waals surface area (Å²) in [5, 5.41) is 0.325. The number of ether oxygens (including phenoxy) is 1. The lowest BCUT2D eigenvalue weighted by Gasteiger charge is -2.15. The number of hydrogen-bond acceptors (Lipinski definition) is 4. The summed E-state index contributed by atoms with van der Waals surface area (Å²) in [7, 11) is -3.71. The van der Waals surface area contributed by atoms with Gasteiger partial charge < -0.3 is 16.2 Å². The minimum atomic E-state index is -3.71. The van der Waals surface area contributed by atoms with Crippen LogP contribution in [0.1, 0.15) is 22.8 Å². The molecule has 0 saturated carbocycles. The van der Waals surface area contributed by atoms with Crippen molar-refractivity contribution in [3.63, 3.8) is 0 Å². The smallest absolute Gasteiger partial charge is 0.280 e. The molecule has 26 heavy (non-hydrogen) atoms. The standard InChI is InChI=1S/C17H18ClN3O4S/c1-3-10-8-14(25-13-7-5-4-6-12(13)18)15(26(2,23)24)9-11(10)16(22)21-17(19)20/h4-9H,3H2,1-2H3,(H4,19,20,21,22). The van der Waals surface area contributed by atoms with E-state index >= 15 is 0 Å². The average molecular weight is 396 g/mol. The quantitative estimate of drug-likeness (QED) is 0.591. The summed E-state index contributed by atoms with van der Waals surface area (Å²) in [6.07, 6.45) is 1.45. The van der Waals surface area contributed by atoms with E-state index in [-0.39, 0.29) is 16.2 Å². The van der Waals surface area contributed by atoms with Crippen molar-refractivity contribution in [1.82, 2.24) is 0 Å². The Balaban J connectivity index is 2.67. The normalized spacial score (nSPS) is 11.0. The third kappa shape index (κ3) is 4.53. The number of para-hydroxylation sites is 1. The van der Waals surface area contributed by atoms with Crippen molar-refractivity contribution in [3.8, 4) is 11.5 Å². The molecule has 0 aliphatic heterocycles. The second-order valence-corrected chi connectivity index (χ2v) is 7.85. The summed E-state index contributed by atoms with van der Waals surface area (Å²) in [6.45, 7) is 1.81. The first kappa shape index (κ1) is 19.7. The molecular formula is C17H18ClN3O4S. The number of carbonyl (C=O) groups is 1. The minimum Gasteiger partial charge on any atom is -0.454 e. The fraction of sp³-hybridized carbons (Fsp3) is 0.176. The maximum atomic E-state index is 12.2. The fourth-order valence-electron chi connectivity index (χ4n) is 2.29. The Hall–Kier alpha value is -2.58. The number of sulfone groups is 1. The van der Waals surface area contributed by atoms with Crippen LogP contribution in [0.25, 0.3) is 0 Å². The molecule has 0 fully saturated rings. The SMILES string of the molecule is CCc1cc(Oc2ccccc2Cl)c(S(C)(=O)=O)cc1C(=O)N=C(N)N. The van der Waals surface area contributed by atoms with Gasteiger partial charge in [-0.3, -0.25) is 4.79 Å². The third-order valence-electron chi connectivity index (χ3n) is 3.47. The lowest BCUT2D eigenvalue weighted by Crippen LogP contribution is -2.24. The van der Waals surface area contributed by atoms with Crippen molar-refractivity contribution in [2.45, 2.75) is 18.2 Å². The van der Waals surface area contributed by atoms with Crippen molar-refractivity contribution in [1.29, 1.82) is 0 Å². The Labute approximate surface area is 156 Å². The molecule has 9 heteroatoms. The molecule has 7 nitrogen and oxygen atoms in total. The first-order valence-corrected chi connectivity index (χ1v) is 9.83. The number of nitrogens with two attached hydrogens (primary N) is 2. The highest BCUT2D eigenvalue weighted by molar-refractivity contribution is 7.90. The number of carbonyl (C=O) groups excluding carboxylic acids is 1. The van der Waals surface area contributed by atoms with Gasteiger partial charge in [-0.25, -0.2) is 8.42 Å². The molecule has 0 saturated heterocycles. The third-order valence-corrected chi connectivity index (χ3v) is 4.90. The highest BCUT2D eigenvalue weighted by atomic mass is 35.5. The molecule has 2 aromatic rings. The van der Waals surface area contributed by atoms with Crippen LogP contribution in [-0.2, 0) is 16.3 Å². The van der Waals surface area contributed by atoms with Gasteiger partial charge in [0.2, 0.25) is 0 Å². The number of halogens is 1. The van der Waals surface area contributed by atoms with E-state index in [2.05, 4.69) is 4.99 Å². The van der Waals surface area contributed by atoms with Crippen LogP contribution in [0, 0.1) is 0 Å². The second kappa shape index (κ2) is 7.76. The maximum Gasteiger partial charge on any atom is 0.280 e. The average Bonchev–Trinajstić information content (AvgIpc) is 2.54. The fourth-order valence-corrected chi connectivity index (χ4v) is 3.26. The molecule has 2 rings (SSSR count). The van der Waals surface area contributed by atoms with Crippen LogP contribution in [0.4, 0.5) is 0 Å². The van der Waals surface area contributed by atoms with Gasteiger partial charge in [0.05, 0.1) is 5.02 Å². The van der Waals surface area contributed by atoms with Gasteiger partial charge in [0, 0.05) is 11.8 Å². The van der Waals surface area contributed by atoms with Crippen LogP contribution < -0.4 is 16.2 Å². The number of aryl methyl sites for hydroxylation is 1. The second-order valence-electron chi connectivity index (χ2n) is 5.46. The number of rotatable bonds is 5. The van der Waals surface area contributed by atoms with Crippen LogP contribution in [0.15, 0.2) is 46.3 Å². The number of aliphatic imine (C=N–C) groups is 1. The summed E-state index contributed by atoms with van der Waals surface area (Å²) in [6, 6.07) is 9.36. The van der Waals surface area contributed by atoms with E-state index in [0.717, 1.165) is 6.26 Å². The molecular weight excluding hydrogens is 378 g/mol. The van der Waals surface area contributed by atoms with Gasteiger partial charge in [0.15, 0.2) is 15.8 Å². The summed E-state index contributed by atoms with van der Waals surface area (Å²) < 4.78 is 30.1. The predicted molar refractivity (Wildman–Crippen MR) is 101 cm³/mol. The van der Waals surface area contributed by atoms with Gasteiger partial charge in [-0.1, -0.05) is 30.7 Å². The van der Waals surface area contributed by atoms with E-state index in [1.54, 1.807) is 31.2 Å². The zero-order chi connectivity index (χ0) is 19.5. The van der Waals surface area contributed by atoms with E-state index in [0.29, 0.717) is 22.8 Å². The first-order chi connectivity index (χ1) is 12.1. The van der Waals surface area contributed by atoms with Crippen molar-refractivity contribution in [2.75, 3.05) is 6.26 Å². The lowest BCUT2D eigenvalue weighted by atomic mass is 10.0. The van der Waals surface area contributed by atoms with Gasteiger partial charge in [0.1, 0.15) is 16.4 Å². The molecule has 0 aliphatic rings. The Kier molecular flexibility index (Phi) is 5.89. The van der Waals surface area contributed by atoms with Gasteiger partial charge in [-0.05, 0) is 36.2 Å². The Morgan fingerprint density at radius 1 is 1.19 bits per heavy atom. The number of hydrogen-bond donors (Lipinski definition) is 2. The highest BCUT2D eigenvalue weighted by Crippen LogP contribution is 2.35. The van der Waals surface area contributed by atoms with Gasteiger partial charge in [-0.2, -0.15) is 4.99 Å². The number of amides is 1. The van der Waals surface area contributed by atoms with E-state index in [1.165, 1.54) is 12.1 Å². The predicted octanol–water partition coefficient (Wildman–Crippen LogP) is 2.51. The van der Waals surface area contributed by atoms with E-state index in [1.807, 2.05) is 0 Å². The van der Waals surface area contributed by atoms with E-state index < -0.39 is 21.7 Å². The molecule has 0 aromatic heterocycles. The van der Waals surface area contributed by atoms with Crippen LogP contribution >= 0.6 is 11.6 Å². The summed E-state index contributed by atoms with van der Waals surface area (Å²) >= 11 is 6.08.